The van der Waals surface area contributed by atoms with Gasteiger partial charge in [0.15, 0.2) is 0 Å². The molecule has 78 valence electrons. The second-order valence-electron chi connectivity index (χ2n) is 3.70. The van der Waals surface area contributed by atoms with Gasteiger partial charge in [0.2, 0.25) is 0 Å². The summed E-state index contributed by atoms with van der Waals surface area (Å²) in [6, 6.07) is 8.20. The topological polar surface area (TPSA) is 29.5 Å². The molecule has 1 aromatic rings. The summed E-state index contributed by atoms with van der Waals surface area (Å²) in [7, 11) is 1.61. The highest BCUT2D eigenvalue weighted by molar-refractivity contribution is 5.21. The van der Waals surface area contributed by atoms with E-state index in [-0.39, 0.29) is 6.10 Å². The number of benzene rings is 1. The van der Waals surface area contributed by atoms with Gasteiger partial charge in [-0.25, -0.2) is 0 Å². The summed E-state index contributed by atoms with van der Waals surface area (Å²) >= 11 is 0. The van der Waals surface area contributed by atoms with Crippen molar-refractivity contribution in [3.63, 3.8) is 0 Å². The summed E-state index contributed by atoms with van der Waals surface area (Å²) in [6.45, 7) is 3.93. The third-order valence-corrected chi connectivity index (χ3v) is 2.48. The third-order valence-electron chi connectivity index (χ3n) is 2.48. The molecule has 1 N–H and O–H groups in total. The number of ether oxygens (including phenoxy) is 1. The second-order valence-corrected chi connectivity index (χ2v) is 3.70. The van der Waals surface area contributed by atoms with E-state index in [1.807, 2.05) is 19.1 Å². The molecular weight excluding hydrogens is 176 g/mol. The molecule has 0 aliphatic carbocycles. The van der Waals surface area contributed by atoms with Crippen LogP contribution < -0.4 is 0 Å². The van der Waals surface area contributed by atoms with E-state index < -0.39 is 6.10 Å². The number of aliphatic hydroxyl groups is 1. The van der Waals surface area contributed by atoms with Crippen LogP contribution in [0.15, 0.2) is 24.3 Å². The number of aryl methyl sites for hydroxylation is 1. The number of hydrogen-bond donors (Lipinski definition) is 1. The van der Waals surface area contributed by atoms with Crippen molar-refractivity contribution in [1.29, 1.82) is 0 Å². The van der Waals surface area contributed by atoms with Crippen LogP contribution >= 0.6 is 0 Å². The molecule has 0 heterocycles. The lowest BCUT2D eigenvalue weighted by Crippen LogP contribution is -2.26. The SMILES string of the molecule is COC(C)C(O)Cc1ccc(C)cc1. The maximum atomic E-state index is 9.72. The Kier molecular flexibility index (Phi) is 4.11. The number of rotatable bonds is 4. The van der Waals surface area contributed by atoms with Crippen molar-refractivity contribution in [2.45, 2.75) is 32.5 Å². The quantitative estimate of drug-likeness (QED) is 0.793. The van der Waals surface area contributed by atoms with E-state index in [9.17, 15) is 5.11 Å². The average molecular weight is 194 g/mol. The van der Waals surface area contributed by atoms with E-state index in [1.165, 1.54) is 5.56 Å². The van der Waals surface area contributed by atoms with Crippen molar-refractivity contribution in [1.82, 2.24) is 0 Å². The van der Waals surface area contributed by atoms with Crippen LogP contribution in [0.1, 0.15) is 18.1 Å². The van der Waals surface area contributed by atoms with Crippen LogP contribution in [0.2, 0.25) is 0 Å². The van der Waals surface area contributed by atoms with E-state index in [1.54, 1.807) is 7.11 Å². The van der Waals surface area contributed by atoms with Gasteiger partial charge in [-0.1, -0.05) is 29.8 Å². The number of aliphatic hydroxyl groups excluding tert-OH is 1. The van der Waals surface area contributed by atoms with Crippen molar-refractivity contribution in [3.05, 3.63) is 35.4 Å². The molecule has 1 rings (SSSR count). The minimum absolute atomic E-state index is 0.115. The highest BCUT2D eigenvalue weighted by atomic mass is 16.5. The van der Waals surface area contributed by atoms with Crippen molar-refractivity contribution >= 4 is 0 Å². The summed E-state index contributed by atoms with van der Waals surface area (Å²) < 4.78 is 5.06. The average Bonchev–Trinajstić information content (AvgIpc) is 2.20. The summed E-state index contributed by atoms with van der Waals surface area (Å²) in [4.78, 5) is 0. The first kappa shape index (κ1) is 11.2. The van der Waals surface area contributed by atoms with Crippen LogP contribution in [0.5, 0.6) is 0 Å². The van der Waals surface area contributed by atoms with Crippen LogP contribution in [0, 0.1) is 6.92 Å². The molecule has 2 heteroatoms. The zero-order chi connectivity index (χ0) is 10.6. The predicted molar refractivity (Wildman–Crippen MR) is 57.4 cm³/mol. The Hall–Kier alpha value is -0.860. The molecule has 1 aromatic carbocycles. The summed E-state index contributed by atoms with van der Waals surface area (Å²) in [5.41, 5.74) is 2.38. The Morgan fingerprint density at radius 3 is 2.36 bits per heavy atom. The molecule has 2 nitrogen and oxygen atoms in total. The maximum Gasteiger partial charge on any atom is 0.0839 e. The first-order valence-electron chi connectivity index (χ1n) is 4.90. The van der Waals surface area contributed by atoms with Gasteiger partial charge in [-0.15, -0.1) is 0 Å². The molecule has 0 saturated heterocycles. The van der Waals surface area contributed by atoms with Crippen LogP contribution in [0.3, 0.4) is 0 Å². The van der Waals surface area contributed by atoms with Gasteiger partial charge in [0.25, 0.3) is 0 Å². The lowest BCUT2D eigenvalue weighted by Gasteiger charge is -2.17. The number of methoxy groups -OCH3 is 1. The van der Waals surface area contributed by atoms with Crippen LogP contribution in [0.4, 0.5) is 0 Å². The second kappa shape index (κ2) is 5.13. The van der Waals surface area contributed by atoms with Crippen molar-refractivity contribution in [2.24, 2.45) is 0 Å². The molecule has 0 saturated carbocycles. The largest absolute Gasteiger partial charge is 0.390 e. The van der Waals surface area contributed by atoms with Crippen molar-refractivity contribution in [3.8, 4) is 0 Å². The van der Waals surface area contributed by atoms with Gasteiger partial charge in [-0.2, -0.15) is 0 Å². The first-order valence-corrected chi connectivity index (χ1v) is 4.90. The zero-order valence-corrected chi connectivity index (χ0v) is 9.03. The molecule has 0 amide bonds. The third kappa shape index (κ3) is 3.13. The molecule has 0 aromatic heterocycles. The normalized spacial score (nSPS) is 15.1. The van der Waals surface area contributed by atoms with E-state index in [0.29, 0.717) is 6.42 Å². The fourth-order valence-corrected chi connectivity index (χ4v) is 1.29. The van der Waals surface area contributed by atoms with Crippen molar-refractivity contribution in [2.75, 3.05) is 7.11 Å². The standard InChI is InChI=1S/C12H18O2/c1-9-4-6-11(7-5-9)8-12(13)10(2)14-3/h4-7,10,12-13H,8H2,1-3H3. The van der Waals surface area contributed by atoms with Gasteiger partial charge in [-0.3, -0.25) is 0 Å². The van der Waals surface area contributed by atoms with Gasteiger partial charge in [0.1, 0.15) is 0 Å². The number of hydrogen-bond acceptors (Lipinski definition) is 2. The monoisotopic (exact) mass is 194 g/mol. The Morgan fingerprint density at radius 1 is 1.29 bits per heavy atom. The molecule has 0 fully saturated rings. The molecular formula is C12H18O2. The smallest absolute Gasteiger partial charge is 0.0839 e. The zero-order valence-electron chi connectivity index (χ0n) is 9.03. The Bertz CT molecular complexity index is 266. The minimum Gasteiger partial charge on any atom is -0.390 e. The molecule has 2 unspecified atom stereocenters. The van der Waals surface area contributed by atoms with Gasteiger partial charge in [-0.05, 0) is 19.4 Å². The molecule has 14 heavy (non-hydrogen) atoms. The lowest BCUT2D eigenvalue weighted by atomic mass is 10.0. The summed E-state index contributed by atoms with van der Waals surface area (Å²) in [5.74, 6) is 0. The lowest BCUT2D eigenvalue weighted by molar-refractivity contribution is 0.000407. The maximum absolute atomic E-state index is 9.72. The molecule has 2 atom stereocenters. The fraction of sp³-hybridized carbons (Fsp3) is 0.500. The Labute approximate surface area is 85.5 Å². The minimum atomic E-state index is -0.428. The fourth-order valence-electron chi connectivity index (χ4n) is 1.29. The molecule has 0 aliphatic heterocycles. The molecule has 0 aliphatic rings. The summed E-state index contributed by atoms with van der Waals surface area (Å²) in [6.07, 6.45) is 0.106. The van der Waals surface area contributed by atoms with Crippen molar-refractivity contribution < 1.29 is 9.84 Å². The summed E-state index contributed by atoms with van der Waals surface area (Å²) in [5, 5.41) is 9.72. The van der Waals surface area contributed by atoms with E-state index in [4.69, 9.17) is 4.74 Å². The first-order chi connectivity index (χ1) is 6.63. The highest BCUT2D eigenvalue weighted by Gasteiger charge is 2.13. The highest BCUT2D eigenvalue weighted by Crippen LogP contribution is 2.09. The predicted octanol–water partition coefficient (Wildman–Crippen LogP) is 1.93. The Balaban J connectivity index is 2.56. The van der Waals surface area contributed by atoms with E-state index in [2.05, 4.69) is 19.1 Å². The van der Waals surface area contributed by atoms with Crippen LogP contribution in [0.25, 0.3) is 0 Å². The molecule has 0 spiro atoms. The molecule has 0 bridgehead atoms. The molecule has 0 radical (unpaired) electrons. The van der Waals surface area contributed by atoms with Gasteiger partial charge in [0.05, 0.1) is 12.2 Å². The van der Waals surface area contributed by atoms with Gasteiger partial charge in [0, 0.05) is 13.5 Å². The van der Waals surface area contributed by atoms with Gasteiger partial charge < -0.3 is 9.84 Å². The van der Waals surface area contributed by atoms with Crippen LogP contribution in [-0.2, 0) is 11.2 Å². The Morgan fingerprint density at radius 2 is 1.86 bits per heavy atom. The van der Waals surface area contributed by atoms with E-state index >= 15 is 0 Å². The van der Waals surface area contributed by atoms with E-state index in [0.717, 1.165) is 5.56 Å². The van der Waals surface area contributed by atoms with Crippen LogP contribution in [-0.4, -0.2) is 24.4 Å². The van der Waals surface area contributed by atoms with Gasteiger partial charge >= 0.3 is 0 Å².